The van der Waals surface area contributed by atoms with Gasteiger partial charge in [0.1, 0.15) is 15.4 Å². The van der Waals surface area contributed by atoms with E-state index in [4.69, 9.17) is 5.11 Å². The molecule has 0 radical (unpaired) electrons. The van der Waals surface area contributed by atoms with E-state index in [2.05, 4.69) is 11.9 Å². The Bertz CT molecular complexity index is 346. The maximum atomic E-state index is 11.2. The molecule has 2 N–H and O–H groups in total. The van der Waals surface area contributed by atoms with Gasteiger partial charge in [-0.05, 0) is 12.8 Å². The number of aliphatic carboxylic acids is 1. The highest BCUT2D eigenvalue weighted by Gasteiger charge is 2.42. The molecule has 1 saturated heterocycles. The van der Waals surface area contributed by atoms with E-state index in [1.54, 1.807) is 6.08 Å². The van der Waals surface area contributed by atoms with Gasteiger partial charge in [0, 0.05) is 6.54 Å². The summed E-state index contributed by atoms with van der Waals surface area (Å²) in [6.07, 6.45) is 1.81. The molecule has 86 valence electrons. The van der Waals surface area contributed by atoms with Crippen LogP contribution in [0.2, 0.25) is 0 Å². The predicted octanol–water partition coefficient (Wildman–Crippen LogP) is -0.206. The second-order valence-corrected chi connectivity index (χ2v) is 6.01. The molecule has 0 aromatic carbocycles. The molecule has 0 saturated carbocycles. The van der Waals surface area contributed by atoms with Crippen molar-refractivity contribution in [3.63, 3.8) is 0 Å². The predicted molar refractivity (Wildman–Crippen MR) is 56.5 cm³/mol. The molecular weight excluding hydrogens is 218 g/mol. The number of carboxylic acids is 1. The van der Waals surface area contributed by atoms with Crippen molar-refractivity contribution in [1.82, 2.24) is 5.32 Å². The Morgan fingerprint density at radius 3 is 2.40 bits per heavy atom. The second kappa shape index (κ2) is 4.32. The van der Waals surface area contributed by atoms with Gasteiger partial charge in [-0.3, -0.25) is 10.1 Å². The molecule has 0 amide bonds. The fourth-order valence-corrected chi connectivity index (χ4v) is 3.14. The third kappa shape index (κ3) is 2.79. The molecule has 0 aliphatic carbocycles. The van der Waals surface area contributed by atoms with E-state index in [1.807, 2.05) is 0 Å². The Kier molecular flexibility index (Phi) is 3.51. The summed E-state index contributed by atoms with van der Waals surface area (Å²) >= 11 is 0. The maximum Gasteiger partial charge on any atom is 0.323 e. The minimum absolute atomic E-state index is 0.0660. The summed E-state index contributed by atoms with van der Waals surface area (Å²) < 4.78 is 22.4. The summed E-state index contributed by atoms with van der Waals surface area (Å²) in [4.78, 5) is 11.1. The van der Waals surface area contributed by atoms with Gasteiger partial charge in [-0.15, -0.1) is 6.58 Å². The number of carboxylic acid groups (broad SMARTS) is 1. The lowest BCUT2D eigenvalue weighted by Crippen LogP contribution is -2.56. The van der Waals surface area contributed by atoms with Crippen LogP contribution < -0.4 is 5.32 Å². The topological polar surface area (TPSA) is 83.5 Å². The Balaban J connectivity index is 2.77. The monoisotopic (exact) mass is 233 g/mol. The summed E-state index contributed by atoms with van der Waals surface area (Å²) in [5, 5.41) is 11.9. The van der Waals surface area contributed by atoms with Gasteiger partial charge >= 0.3 is 5.97 Å². The van der Waals surface area contributed by atoms with Gasteiger partial charge in [0.2, 0.25) is 0 Å². The molecule has 15 heavy (non-hydrogen) atoms. The van der Waals surface area contributed by atoms with Crippen LogP contribution in [0.5, 0.6) is 0 Å². The van der Waals surface area contributed by atoms with E-state index >= 15 is 0 Å². The normalized spacial score (nSPS) is 23.2. The van der Waals surface area contributed by atoms with Gasteiger partial charge in [-0.1, -0.05) is 6.08 Å². The molecule has 0 atom stereocenters. The van der Waals surface area contributed by atoms with Gasteiger partial charge in [0.25, 0.3) is 0 Å². The Labute approximate surface area is 89.1 Å². The Morgan fingerprint density at radius 2 is 2.00 bits per heavy atom. The van der Waals surface area contributed by atoms with Gasteiger partial charge in [0.05, 0.1) is 11.5 Å². The first-order chi connectivity index (χ1) is 6.92. The number of sulfone groups is 1. The average Bonchev–Trinajstić information content (AvgIpc) is 2.16. The van der Waals surface area contributed by atoms with E-state index in [-0.39, 0.29) is 24.3 Å². The third-order valence-electron chi connectivity index (χ3n) is 2.67. The molecular formula is C9H15NO4S. The van der Waals surface area contributed by atoms with Crippen molar-refractivity contribution in [1.29, 1.82) is 0 Å². The van der Waals surface area contributed by atoms with Gasteiger partial charge < -0.3 is 5.11 Å². The van der Waals surface area contributed by atoms with Crippen LogP contribution in [0.3, 0.4) is 0 Å². The zero-order chi connectivity index (χ0) is 11.5. The van der Waals surface area contributed by atoms with Crippen molar-refractivity contribution < 1.29 is 18.3 Å². The zero-order valence-electron chi connectivity index (χ0n) is 8.40. The van der Waals surface area contributed by atoms with Crippen molar-refractivity contribution in [2.75, 3.05) is 18.1 Å². The molecule has 0 bridgehead atoms. The molecule has 5 nitrogen and oxygen atoms in total. The molecule has 1 fully saturated rings. The standard InChI is InChI=1S/C9H15NO4S/c1-2-5-10-9(8(11)12)3-6-15(13,14)7-4-9/h2,10H,1,3-7H2,(H,11,12). The minimum atomic E-state index is -3.04. The van der Waals surface area contributed by atoms with Gasteiger partial charge in [-0.2, -0.15) is 0 Å². The highest BCUT2D eigenvalue weighted by molar-refractivity contribution is 7.91. The number of nitrogens with one attached hydrogen (secondary N) is 1. The van der Waals surface area contributed by atoms with E-state index in [9.17, 15) is 13.2 Å². The SMILES string of the molecule is C=CCNC1(C(=O)O)CCS(=O)(=O)CC1. The van der Waals surface area contributed by atoms with Crippen LogP contribution in [0.1, 0.15) is 12.8 Å². The van der Waals surface area contributed by atoms with Gasteiger partial charge in [-0.25, -0.2) is 8.42 Å². The lowest BCUT2D eigenvalue weighted by atomic mass is 9.92. The van der Waals surface area contributed by atoms with E-state index < -0.39 is 21.3 Å². The van der Waals surface area contributed by atoms with Crippen LogP contribution in [0.25, 0.3) is 0 Å². The maximum absolute atomic E-state index is 11.2. The first-order valence-electron chi connectivity index (χ1n) is 4.72. The molecule has 0 spiro atoms. The molecule has 1 aliphatic heterocycles. The average molecular weight is 233 g/mol. The van der Waals surface area contributed by atoms with Crippen molar-refractivity contribution >= 4 is 15.8 Å². The number of hydrogen-bond acceptors (Lipinski definition) is 4. The fourth-order valence-electron chi connectivity index (χ4n) is 1.62. The van der Waals surface area contributed by atoms with E-state index in [1.165, 1.54) is 0 Å². The summed E-state index contributed by atoms with van der Waals surface area (Å²) in [6, 6.07) is 0. The highest BCUT2D eigenvalue weighted by atomic mass is 32.2. The second-order valence-electron chi connectivity index (χ2n) is 3.71. The van der Waals surface area contributed by atoms with Crippen molar-refractivity contribution in [3.8, 4) is 0 Å². The number of rotatable bonds is 4. The van der Waals surface area contributed by atoms with Crippen LogP contribution in [0.4, 0.5) is 0 Å². The minimum Gasteiger partial charge on any atom is -0.480 e. The largest absolute Gasteiger partial charge is 0.480 e. The Morgan fingerprint density at radius 1 is 1.47 bits per heavy atom. The molecule has 0 aromatic heterocycles. The van der Waals surface area contributed by atoms with Crippen LogP contribution in [-0.2, 0) is 14.6 Å². The quantitative estimate of drug-likeness (QED) is 0.657. The molecule has 1 heterocycles. The molecule has 0 aromatic rings. The number of carbonyl (C=O) groups is 1. The van der Waals surface area contributed by atoms with Crippen molar-refractivity contribution in [3.05, 3.63) is 12.7 Å². The lowest BCUT2D eigenvalue weighted by molar-refractivity contribution is -0.145. The van der Waals surface area contributed by atoms with E-state index in [0.717, 1.165) is 0 Å². The van der Waals surface area contributed by atoms with Crippen LogP contribution >= 0.6 is 0 Å². The summed E-state index contributed by atoms with van der Waals surface area (Å²) in [6.45, 7) is 3.86. The van der Waals surface area contributed by atoms with E-state index in [0.29, 0.717) is 6.54 Å². The molecule has 6 heteroatoms. The number of hydrogen-bond donors (Lipinski definition) is 2. The Hall–Kier alpha value is -0.880. The van der Waals surface area contributed by atoms with Crippen molar-refractivity contribution in [2.24, 2.45) is 0 Å². The third-order valence-corrected chi connectivity index (χ3v) is 4.33. The first kappa shape index (κ1) is 12.2. The molecule has 0 unspecified atom stereocenters. The van der Waals surface area contributed by atoms with Crippen LogP contribution in [0.15, 0.2) is 12.7 Å². The van der Waals surface area contributed by atoms with Crippen LogP contribution in [0, 0.1) is 0 Å². The van der Waals surface area contributed by atoms with Crippen LogP contribution in [-0.4, -0.2) is 43.1 Å². The first-order valence-corrected chi connectivity index (χ1v) is 6.54. The smallest absolute Gasteiger partial charge is 0.323 e. The van der Waals surface area contributed by atoms with Crippen molar-refractivity contribution in [2.45, 2.75) is 18.4 Å². The fraction of sp³-hybridized carbons (Fsp3) is 0.667. The summed E-state index contributed by atoms with van der Waals surface area (Å²) in [7, 11) is -3.04. The lowest BCUT2D eigenvalue weighted by Gasteiger charge is -2.33. The summed E-state index contributed by atoms with van der Waals surface area (Å²) in [5.41, 5.74) is -1.10. The molecule has 1 rings (SSSR count). The molecule has 1 aliphatic rings. The van der Waals surface area contributed by atoms with Gasteiger partial charge in [0.15, 0.2) is 0 Å². The zero-order valence-corrected chi connectivity index (χ0v) is 9.22. The summed E-state index contributed by atoms with van der Waals surface area (Å²) in [5.74, 6) is -1.12. The highest BCUT2D eigenvalue weighted by Crippen LogP contribution is 2.24.